The summed E-state index contributed by atoms with van der Waals surface area (Å²) in [7, 11) is 0. The van der Waals surface area contributed by atoms with Crippen LogP contribution in [-0.4, -0.2) is 60.6 Å². The van der Waals surface area contributed by atoms with E-state index in [1.54, 1.807) is 12.1 Å². The molecule has 24 heavy (non-hydrogen) atoms. The van der Waals surface area contributed by atoms with Crippen molar-refractivity contribution in [3.8, 4) is 0 Å². The maximum atomic E-state index is 12.5. The molecule has 0 N–H and O–H groups in total. The Morgan fingerprint density at radius 2 is 1.96 bits per heavy atom. The van der Waals surface area contributed by atoms with Gasteiger partial charge in [-0.2, -0.15) is 0 Å². The molecule has 2 aliphatic heterocycles. The summed E-state index contributed by atoms with van der Waals surface area (Å²) in [5, 5.41) is 1.02. The average Bonchev–Trinajstić information content (AvgIpc) is 2.58. The normalized spacial score (nSPS) is 23.5. The van der Waals surface area contributed by atoms with Crippen molar-refractivity contribution < 1.29 is 9.53 Å². The fourth-order valence-electron chi connectivity index (χ4n) is 3.59. The van der Waals surface area contributed by atoms with Gasteiger partial charge in [0, 0.05) is 32.2 Å². The highest BCUT2D eigenvalue weighted by Gasteiger charge is 2.29. The van der Waals surface area contributed by atoms with Crippen molar-refractivity contribution in [2.75, 3.05) is 32.8 Å². The van der Waals surface area contributed by atoms with E-state index in [4.69, 9.17) is 27.9 Å². The predicted octanol–water partition coefficient (Wildman–Crippen LogP) is 3.25. The fraction of sp³-hybridized carbons (Fsp3) is 0.611. The van der Waals surface area contributed by atoms with Crippen LogP contribution in [0.25, 0.3) is 0 Å². The third-order valence-corrected chi connectivity index (χ3v) is 5.68. The molecule has 2 saturated heterocycles. The predicted molar refractivity (Wildman–Crippen MR) is 96.8 cm³/mol. The summed E-state index contributed by atoms with van der Waals surface area (Å²) in [6.45, 7) is 6.61. The maximum absolute atomic E-state index is 12.5. The Labute approximate surface area is 153 Å². The van der Waals surface area contributed by atoms with E-state index in [1.165, 1.54) is 0 Å². The molecule has 1 unspecified atom stereocenters. The molecule has 1 aromatic rings. The molecule has 6 heteroatoms. The van der Waals surface area contributed by atoms with Crippen molar-refractivity contribution in [1.82, 2.24) is 9.80 Å². The molecule has 4 nitrogen and oxygen atoms in total. The summed E-state index contributed by atoms with van der Waals surface area (Å²) in [4.78, 5) is 17.0. The van der Waals surface area contributed by atoms with Crippen LogP contribution in [0.1, 0.15) is 25.3 Å². The van der Waals surface area contributed by atoms with E-state index in [2.05, 4.69) is 11.8 Å². The van der Waals surface area contributed by atoms with Gasteiger partial charge in [0.15, 0.2) is 0 Å². The minimum atomic E-state index is 0.169. The Morgan fingerprint density at radius 1 is 1.21 bits per heavy atom. The smallest absolute Gasteiger partial charge is 0.226 e. The highest BCUT2D eigenvalue weighted by atomic mass is 35.5. The minimum Gasteiger partial charge on any atom is -0.376 e. The number of likely N-dealkylation sites (tertiary alicyclic amines) is 1. The van der Waals surface area contributed by atoms with Gasteiger partial charge < -0.3 is 9.64 Å². The molecule has 0 bridgehead atoms. The first kappa shape index (κ1) is 18.0. The van der Waals surface area contributed by atoms with Crippen molar-refractivity contribution >= 4 is 29.1 Å². The van der Waals surface area contributed by atoms with E-state index < -0.39 is 0 Å². The van der Waals surface area contributed by atoms with Gasteiger partial charge in [0.2, 0.25) is 5.91 Å². The van der Waals surface area contributed by atoms with Crippen LogP contribution in [-0.2, 0) is 16.0 Å². The Morgan fingerprint density at radius 3 is 2.62 bits per heavy atom. The van der Waals surface area contributed by atoms with Gasteiger partial charge in [0.25, 0.3) is 0 Å². The van der Waals surface area contributed by atoms with Crippen LogP contribution in [0.5, 0.6) is 0 Å². The van der Waals surface area contributed by atoms with Crippen LogP contribution in [0.4, 0.5) is 0 Å². The van der Waals surface area contributed by atoms with Crippen LogP contribution >= 0.6 is 23.2 Å². The lowest BCUT2D eigenvalue weighted by atomic mass is 10.0. The van der Waals surface area contributed by atoms with Gasteiger partial charge in [-0.25, -0.2) is 0 Å². The first-order chi connectivity index (χ1) is 11.5. The Bertz CT molecular complexity index is 588. The number of amides is 1. The largest absolute Gasteiger partial charge is 0.376 e. The quantitative estimate of drug-likeness (QED) is 0.818. The zero-order chi connectivity index (χ0) is 17.1. The first-order valence-corrected chi connectivity index (χ1v) is 9.36. The van der Waals surface area contributed by atoms with E-state index in [9.17, 15) is 4.79 Å². The van der Waals surface area contributed by atoms with Crippen LogP contribution in [0, 0.1) is 0 Å². The van der Waals surface area contributed by atoms with Crippen molar-refractivity contribution in [2.45, 2.75) is 38.3 Å². The second-order valence-corrected chi connectivity index (χ2v) is 7.53. The summed E-state index contributed by atoms with van der Waals surface area (Å²) in [6, 6.07) is 5.97. The molecule has 0 spiro atoms. The van der Waals surface area contributed by atoms with Gasteiger partial charge >= 0.3 is 0 Å². The van der Waals surface area contributed by atoms with Crippen LogP contribution in [0.2, 0.25) is 10.0 Å². The summed E-state index contributed by atoms with van der Waals surface area (Å²) < 4.78 is 5.62. The lowest BCUT2D eigenvalue weighted by Gasteiger charge is -2.41. The second-order valence-electron chi connectivity index (χ2n) is 6.71. The lowest BCUT2D eigenvalue weighted by Crippen LogP contribution is -2.52. The fourth-order valence-corrected chi connectivity index (χ4v) is 3.91. The first-order valence-electron chi connectivity index (χ1n) is 8.60. The molecular formula is C18H24Cl2N2O2. The van der Waals surface area contributed by atoms with Gasteiger partial charge in [-0.1, -0.05) is 29.3 Å². The highest BCUT2D eigenvalue weighted by molar-refractivity contribution is 6.42. The van der Waals surface area contributed by atoms with E-state index in [0.717, 1.165) is 51.2 Å². The SMILES string of the molecule is CC1CN(C2CCN(C(=O)Cc3ccc(Cl)c(Cl)c3)CC2)CCO1. The Balaban J connectivity index is 1.50. The number of halogens is 2. The van der Waals surface area contributed by atoms with Crippen molar-refractivity contribution in [2.24, 2.45) is 0 Å². The maximum Gasteiger partial charge on any atom is 0.226 e. The van der Waals surface area contributed by atoms with E-state index in [1.807, 2.05) is 11.0 Å². The molecule has 2 aliphatic rings. The number of hydrogen-bond donors (Lipinski definition) is 0. The van der Waals surface area contributed by atoms with E-state index in [0.29, 0.717) is 28.6 Å². The number of rotatable bonds is 3. The van der Waals surface area contributed by atoms with Crippen LogP contribution < -0.4 is 0 Å². The highest BCUT2D eigenvalue weighted by Crippen LogP contribution is 2.24. The number of ether oxygens (including phenoxy) is 1. The molecule has 132 valence electrons. The zero-order valence-electron chi connectivity index (χ0n) is 14.0. The number of piperidine rings is 1. The Hall–Kier alpha value is -0.810. The molecule has 0 saturated carbocycles. The number of carbonyl (C=O) groups excluding carboxylic acids is 1. The van der Waals surface area contributed by atoms with E-state index in [-0.39, 0.29) is 5.91 Å². The third-order valence-electron chi connectivity index (χ3n) is 4.95. The van der Waals surface area contributed by atoms with Crippen molar-refractivity contribution in [3.63, 3.8) is 0 Å². The van der Waals surface area contributed by atoms with Crippen molar-refractivity contribution in [1.29, 1.82) is 0 Å². The summed E-state index contributed by atoms with van der Waals surface area (Å²) in [5.74, 6) is 0.169. The molecule has 0 aliphatic carbocycles. The van der Waals surface area contributed by atoms with Crippen LogP contribution in [0.15, 0.2) is 18.2 Å². The number of carbonyl (C=O) groups is 1. The van der Waals surface area contributed by atoms with Crippen LogP contribution in [0.3, 0.4) is 0 Å². The number of benzene rings is 1. The third kappa shape index (κ3) is 4.42. The monoisotopic (exact) mass is 370 g/mol. The topological polar surface area (TPSA) is 32.8 Å². The summed E-state index contributed by atoms with van der Waals surface area (Å²) in [5.41, 5.74) is 0.915. The molecule has 2 heterocycles. The average molecular weight is 371 g/mol. The lowest BCUT2D eigenvalue weighted by molar-refractivity contribution is -0.132. The molecule has 1 aromatic carbocycles. The number of morpholine rings is 1. The van der Waals surface area contributed by atoms with Gasteiger partial charge in [0.05, 0.1) is 29.2 Å². The number of nitrogens with zero attached hydrogens (tertiary/aromatic N) is 2. The van der Waals surface area contributed by atoms with Gasteiger partial charge in [-0.15, -0.1) is 0 Å². The second kappa shape index (κ2) is 8.05. The molecule has 1 amide bonds. The molecular weight excluding hydrogens is 347 g/mol. The van der Waals surface area contributed by atoms with Gasteiger partial charge in [0.1, 0.15) is 0 Å². The van der Waals surface area contributed by atoms with Crippen molar-refractivity contribution in [3.05, 3.63) is 33.8 Å². The van der Waals surface area contributed by atoms with Gasteiger partial charge in [-0.05, 0) is 37.5 Å². The molecule has 0 radical (unpaired) electrons. The standard InChI is InChI=1S/C18H24Cl2N2O2/c1-13-12-22(8-9-24-13)15-4-6-21(7-5-15)18(23)11-14-2-3-16(19)17(20)10-14/h2-3,10,13,15H,4-9,11-12H2,1H3. The number of hydrogen-bond acceptors (Lipinski definition) is 3. The minimum absolute atomic E-state index is 0.169. The van der Waals surface area contributed by atoms with E-state index >= 15 is 0 Å². The molecule has 2 fully saturated rings. The van der Waals surface area contributed by atoms with Gasteiger partial charge in [-0.3, -0.25) is 9.69 Å². The summed E-state index contributed by atoms with van der Waals surface area (Å²) in [6.07, 6.45) is 2.78. The zero-order valence-corrected chi connectivity index (χ0v) is 15.5. The molecule has 3 rings (SSSR count). The molecule has 1 atom stereocenters. The summed E-state index contributed by atoms with van der Waals surface area (Å²) >= 11 is 12.0. The Kier molecular flexibility index (Phi) is 6.03. The molecule has 0 aromatic heterocycles.